The number of quaternary nitrogens is 1. The Morgan fingerprint density at radius 2 is 0.887 bits per heavy atom. The number of phosphoric acid groups is 1. The Bertz CT molecular complexity index is 1240. The van der Waals surface area contributed by atoms with Crippen LogP contribution in [-0.4, -0.2) is 74.9 Å². The first-order valence-electron chi connectivity index (χ1n) is 25.0. The van der Waals surface area contributed by atoms with Gasteiger partial charge in [-0.25, -0.2) is 4.57 Å². The fourth-order valence-electron chi connectivity index (χ4n) is 6.59. The molecule has 0 aliphatic heterocycles. The predicted octanol–water partition coefficient (Wildman–Crippen LogP) is 14.8. The molecule has 0 heterocycles. The van der Waals surface area contributed by atoms with E-state index in [9.17, 15) is 19.0 Å². The summed E-state index contributed by atoms with van der Waals surface area (Å²) in [5.74, 6) is -0.868. The van der Waals surface area contributed by atoms with Crippen LogP contribution in [0.2, 0.25) is 0 Å². The van der Waals surface area contributed by atoms with Gasteiger partial charge in [0.25, 0.3) is 0 Å². The van der Waals surface area contributed by atoms with Gasteiger partial charge >= 0.3 is 19.8 Å². The van der Waals surface area contributed by atoms with Crippen molar-refractivity contribution >= 4 is 19.8 Å². The third-order valence-electron chi connectivity index (χ3n) is 10.5. The molecule has 360 valence electrons. The van der Waals surface area contributed by atoms with Crippen molar-refractivity contribution in [1.82, 2.24) is 0 Å². The molecule has 0 aromatic heterocycles. The average Bonchev–Trinajstić information content (AvgIpc) is 3.23. The van der Waals surface area contributed by atoms with Crippen LogP contribution in [0.15, 0.2) is 60.8 Å². The second-order valence-electron chi connectivity index (χ2n) is 17.8. The minimum absolute atomic E-state index is 0.0205. The molecular formula is C52H95NO8P+. The zero-order valence-electron chi connectivity index (χ0n) is 40.6. The Balaban J connectivity index is 4.38. The van der Waals surface area contributed by atoms with Gasteiger partial charge < -0.3 is 18.9 Å². The van der Waals surface area contributed by atoms with E-state index >= 15 is 0 Å². The van der Waals surface area contributed by atoms with E-state index in [0.717, 1.165) is 51.4 Å². The summed E-state index contributed by atoms with van der Waals surface area (Å²) in [7, 11) is 1.44. The lowest BCUT2D eigenvalue weighted by atomic mass is 10.1. The molecular weight excluding hydrogens is 798 g/mol. The van der Waals surface area contributed by atoms with Gasteiger partial charge in [-0.05, 0) is 77.0 Å². The summed E-state index contributed by atoms with van der Waals surface area (Å²) in [4.78, 5) is 35.5. The lowest BCUT2D eigenvalue weighted by Gasteiger charge is -2.24. The van der Waals surface area contributed by atoms with Crippen molar-refractivity contribution in [2.45, 2.75) is 213 Å². The van der Waals surface area contributed by atoms with Crippen molar-refractivity contribution in [2.24, 2.45) is 0 Å². The molecule has 0 aromatic rings. The van der Waals surface area contributed by atoms with Crippen LogP contribution >= 0.6 is 7.82 Å². The van der Waals surface area contributed by atoms with Gasteiger partial charge in [0.15, 0.2) is 6.10 Å². The van der Waals surface area contributed by atoms with Crippen LogP contribution in [-0.2, 0) is 32.7 Å². The van der Waals surface area contributed by atoms with Crippen molar-refractivity contribution in [1.29, 1.82) is 0 Å². The average molecular weight is 893 g/mol. The fraction of sp³-hybridized carbons (Fsp3) is 0.769. The molecule has 10 heteroatoms. The van der Waals surface area contributed by atoms with Crippen LogP contribution < -0.4 is 0 Å². The smallest absolute Gasteiger partial charge is 0.462 e. The van der Waals surface area contributed by atoms with E-state index in [1.165, 1.54) is 116 Å². The SMILES string of the molecule is CCCCCCCC/C=C/CCCCCCCCCC(=O)O[C@H](COC(=O)CCC/C=C/C/C=C/C/C=C/C/C=C/CCCCCCCCC)COP(=O)(O)OCC[N+](C)(C)C. The third-order valence-corrected chi connectivity index (χ3v) is 11.5. The maximum atomic E-state index is 12.7. The molecule has 0 rings (SSSR count). The molecule has 0 radical (unpaired) electrons. The van der Waals surface area contributed by atoms with Crippen LogP contribution in [0.5, 0.6) is 0 Å². The van der Waals surface area contributed by atoms with Crippen LogP contribution in [0.25, 0.3) is 0 Å². The number of esters is 2. The number of likely N-dealkylation sites (N-methyl/N-ethyl adjacent to an activating group) is 1. The van der Waals surface area contributed by atoms with E-state index in [4.69, 9.17) is 18.5 Å². The number of phosphoric ester groups is 1. The van der Waals surface area contributed by atoms with Crippen molar-refractivity contribution in [3.63, 3.8) is 0 Å². The maximum absolute atomic E-state index is 12.7. The van der Waals surface area contributed by atoms with E-state index in [2.05, 4.69) is 74.6 Å². The molecule has 0 amide bonds. The van der Waals surface area contributed by atoms with Crippen molar-refractivity contribution in [2.75, 3.05) is 47.5 Å². The standard InChI is InChI=1S/C52H94NO8P/c1-6-8-10-12-14-16-18-20-22-24-25-26-27-29-30-32-34-36-38-40-42-44-51(54)58-48-50(49-60-62(56,57)59-47-46-53(3,4)5)61-52(55)45-43-41-39-37-35-33-31-28-23-21-19-17-15-13-11-9-7-2/h21-24,26-27,30,32,36,38,50H,6-20,25,28-29,31,33-35,37,39-49H2,1-5H3/p+1/b23-21+,24-22+,27-26+,32-30+,38-36+/t50-/m1/s1. The van der Waals surface area contributed by atoms with Gasteiger partial charge in [0.2, 0.25) is 0 Å². The van der Waals surface area contributed by atoms with Crippen LogP contribution in [0.4, 0.5) is 0 Å². The van der Waals surface area contributed by atoms with E-state index < -0.39 is 32.5 Å². The zero-order valence-corrected chi connectivity index (χ0v) is 41.5. The largest absolute Gasteiger partial charge is 0.472 e. The fourth-order valence-corrected chi connectivity index (χ4v) is 7.33. The summed E-state index contributed by atoms with van der Waals surface area (Å²) in [5, 5.41) is 0. The van der Waals surface area contributed by atoms with Gasteiger partial charge in [-0.3, -0.25) is 18.6 Å². The first-order valence-corrected chi connectivity index (χ1v) is 26.5. The topological polar surface area (TPSA) is 108 Å². The molecule has 0 fully saturated rings. The van der Waals surface area contributed by atoms with Crippen LogP contribution in [0, 0.1) is 0 Å². The van der Waals surface area contributed by atoms with E-state index in [-0.39, 0.29) is 26.1 Å². The summed E-state index contributed by atoms with van der Waals surface area (Å²) in [6.45, 7) is 4.36. The normalized spacial score (nSPS) is 14.0. The van der Waals surface area contributed by atoms with Crippen LogP contribution in [0.1, 0.15) is 206 Å². The number of ether oxygens (including phenoxy) is 2. The minimum atomic E-state index is -4.39. The number of allylic oxidation sites excluding steroid dienone is 10. The number of rotatable bonds is 45. The van der Waals surface area contributed by atoms with Gasteiger partial charge in [-0.15, -0.1) is 0 Å². The Kier molecular flexibility index (Phi) is 42.3. The number of hydrogen-bond acceptors (Lipinski definition) is 7. The molecule has 62 heavy (non-hydrogen) atoms. The molecule has 0 spiro atoms. The minimum Gasteiger partial charge on any atom is -0.462 e. The molecule has 0 bridgehead atoms. The third kappa shape index (κ3) is 47.2. The van der Waals surface area contributed by atoms with Crippen molar-refractivity contribution < 1.29 is 42.1 Å². The molecule has 0 aliphatic carbocycles. The Morgan fingerprint density at radius 1 is 0.500 bits per heavy atom. The van der Waals surface area contributed by atoms with Gasteiger partial charge in [0, 0.05) is 12.8 Å². The number of carbonyl (C=O) groups excluding carboxylic acids is 2. The molecule has 0 saturated carbocycles. The quantitative estimate of drug-likeness (QED) is 0.0212. The number of hydrogen-bond donors (Lipinski definition) is 1. The highest BCUT2D eigenvalue weighted by molar-refractivity contribution is 7.47. The monoisotopic (exact) mass is 893 g/mol. The number of carbonyl (C=O) groups is 2. The molecule has 1 N–H and O–H groups in total. The first kappa shape index (κ1) is 59.7. The van der Waals surface area contributed by atoms with E-state index in [1.54, 1.807) is 0 Å². The van der Waals surface area contributed by atoms with Crippen molar-refractivity contribution in [3.8, 4) is 0 Å². The molecule has 2 atom stereocenters. The number of unbranched alkanes of at least 4 members (excludes halogenated alkanes) is 21. The van der Waals surface area contributed by atoms with E-state index in [1.807, 2.05) is 21.1 Å². The number of nitrogens with zero attached hydrogens (tertiary/aromatic N) is 1. The Morgan fingerprint density at radius 3 is 1.35 bits per heavy atom. The highest BCUT2D eigenvalue weighted by Gasteiger charge is 2.27. The maximum Gasteiger partial charge on any atom is 0.472 e. The second-order valence-corrected chi connectivity index (χ2v) is 19.3. The summed E-state index contributed by atoms with van der Waals surface area (Å²) in [5.41, 5.74) is 0. The van der Waals surface area contributed by atoms with E-state index in [0.29, 0.717) is 23.9 Å². The summed E-state index contributed by atoms with van der Waals surface area (Å²) >= 11 is 0. The second kappa shape index (κ2) is 43.9. The summed E-state index contributed by atoms with van der Waals surface area (Å²) < 4.78 is 34.3. The predicted molar refractivity (Wildman–Crippen MR) is 261 cm³/mol. The summed E-state index contributed by atoms with van der Waals surface area (Å²) in [6, 6.07) is 0. The lowest BCUT2D eigenvalue weighted by Crippen LogP contribution is -2.37. The van der Waals surface area contributed by atoms with Crippen molar-refractivity contribution in [3.05, 3.63) is 60.8 Å². The first-order chi connectivity index (χ1) is 30.0. The molecule has 9 nitrogen and oxygen atoms in total. The highest BCUT2D eigenvalue weighted by atomic mass is 31.2. The molecule has 0 aliphatic rings. The Labute approximate surface area is 381 Å². The van der Waals surface area contributed by atoms with Gasteiger partial charge in [-0.1, -0.05) is 177 Å². The van der Waals surface area contributed by atoms with Crippen LogP contribution in [0.3, 0.4) is 0 Å². The Hall–Kier alpha value is -2.29. The lowest BCUT2D eigenvalue weighted by molar-refractivity contribution is -0.870. The van der Waals surface area contributed by atoms with Gasteiger partial charge in [-0.2, -0.15) is 0 Å². The molecule has 0 saturated heterocycles. The molecule has 0 aromatic carbocycles. The van der Waals surface area contributed by atoms with Gasteiger partial charge in [0.1, 0.15) is 19.8 Å². The zero-order chi connectivity index (χ0) is 45.7. The summed E-state index contributed by atoms with van der Waals surface area (Å²) in [6.07, 6.45) is 54.2. The van der Waals surface area contributed by atoms with Gasteiger partial charge in [0.05, 0.1) is 27.7 Å². The molecule has 1 unspecified atom stereocenters. The highest BCUT2D eigenvalue weighted by Crippen LogP contribution is 2.43.